The van der Waals surface area contributed by atoms with Crippen molar-refractivity contribution < 1.29 is 18.7 Å². The lowest BCUT2D eigenvalue weighted by atomic mass is 10.0. The second-order valence-corrected chi connectivity index (χ2v) is 4.88. The van der Waals surface area contributed by atoms with Crippen LogP contribution in [0, 0.1) is 11.7 Å². The second-order valence-electron chi connectivity index (χ2n) is 4.88. The Hall–Kier alpha value is -2.21. The third kappa shape index (κ3) is 2.55. The van der Waals surface area contributed by atoms with Gasteiger partial charge in [0.2, 0.25) is 5.89 Å². The van der Waals surface area contributed by atoms with Gasteiger partial charge in [-0.05, 0) is 18.2 Å². The molecule has 1 N–H and O–H groups in total. The Kier molecular flexibility index (Phi) is 3.23. The summed E-state index contributed by atoms with van der Waals surface area (Å²) in [4.78, 5) is 17.0. The van der Waals surface area contributed by atoms with E-state index in [1.165, 1.54) is 18.4 Å². The molecule has 0 saturated carbocycles. The lowest BCUT2D eigenvalue weighted by Crippen LogP contribution is -2.49. The zero-order valence-electron chi connectivity index (χ0n) is 10.6. The maximum absolute atomic E-state index is 13.1. The standard InChI is InChI=1S/C14H13FN2O3/c15-11-3-1-2-9(4-11)13-16-12(8-20-13)7-17-5-10(6-17)14(18)19/h1-4,8,10H,5-7H2,(H,18,19). The van der Waals surface area contributed by atoms with E-state index in [0.717, 1.165) is 0 Å². The number of hydrogen-bond donors (Lipinski definition) is 1. The summed E-state index contributed by atoms with van der Waals surface area (Å²) in [7, 11) is 0. The highest BCUT2D eigenvalue weighted by molar-refractivity contribution is 5.71. The van der Waals surface area contributed by atoms with Crippen molar-refractivity contribution in [1.29, 1.82) is 0 Å². The van der Waals surface area contributed by atoms with Crippen LogP contribution in [0.4, 0.5) is 4.39 Å². The van der Waals surface area contributed by atoms with Crippen LogP contribution >= 0.6 is 0 Å². The lowest BCUT2D eigenvalue weighted by molar-refractivity contribution is -0.147. The number of rotatable bonds is 4. The van der Waals surface area contributed by atoms with E-state index in [9.17, 15) is 9.18 Å². The van der Waals surface area contributed by atoms with Crippen LogP contribution in [0.5, 0.6) is 0 Å². The van der Waals surface area contributed by atoms with Crippen LogP contribution in [0.1, 0.15) is 5.69 Å². The number of benzene rings is 1. The third-order valence-electron chi connectivity index (χ3n) is 3.32. The molecule has 1 aliphatic heterocycles. The molecule has 0 radical (unpaired) electrons. The van der Waals surface area contributed by atoms with Crippen LogP contribution in [-0.2, 0) is 11.3 Å². The van der Waals surface area contributed by atoms with Crippen LogP contribution in [0.3, 0.4) is 0 Å². The monoisotopic (exact) mass is 276 g/mol. The molecule has 0 spiro atoms. The van der Waals surface area contributed by atoms with E-state index in [-0.39, 0.29) is 11.7 Å². The molecule has 2 aromatic rings. The number of aliphatic carboxylic acids is 1. The van der Waals surface area contributed by atoms with Gasteiger partial charge in [-0.15, -0.1) is 0 Å². The Bertz CT molecular complexity index is 635. The molecule has 0 atom stereocenters. The van der Waals surface area contributed by atoms with Crippen molar-refractivity contribution in [3.8, 4) is 11.5 Å². The number of aromatic nitrogens is 1. The van der Waals surface area contributed by atoms with Crippen molar-refractivity contribution in [2.45, 2.75) is 6.54 Å². The summed E-state index contributed by atoms with van der Waals surface area (Å²) in [6.07, 6.45) is 1.52. The van der Waals surface area contributed by atoms with Crippen molar-refractivity contribution in [3.05, 3.63) is 42.0 Å². The van der Waals surface area contributed by atoms with Crippen molar-refractivity contribution in [1.82, 2.24) is 9.88 Å². The van der Waals surface area contributed by atoms with Gasteiger partial charge in [0, 0.05) is 25.2 Å². The van der Waals surface area contributed by atoms with Crippen LogP contribution in [0.25, 0.3) is 11.5 Å². The minimum atomic E-state index is -0.762. The molecular formula is C14H13FN2O3. The molecule has 5 nitrogen and oxygen atoms in total. The number of carbonyl (C=O) groups is 1. The summed E-state index contributed by atoms with van der Waals surface area (Å²) < 4.78 is 18.4. The highest BCUT2D eigenvalue weighted by Crippen LogP contribution is 2.22. The minimum absolute atomic E-state index is 0.287. The fourth-order valence-corrected chi connectivity index (χ4v) is 2.22. The van der Waals surface area contributed by atoms with E-state index in [1.807, 2.05) is 4.90 Å². The molecule has 6 heteroatoms. The second kappa shape index (κ2) is 5.05. The molecule has 1 aliphatic rings. The molecule has 20 heavy (non-hydrogen) atoms. The van der Waals surface area contributed by atoms with E-state index in [4.69, 9.17) is 9.52 Å². The molecule has 104 valence electrons. The maximum atomic E-state index is 13.1. The van der Waals surface area contributed by atoms with Crippen molar-refractivity contribution in [2.24, 2.45) is 5.92 Å². The van der Waals surface area contributed by atoms with E-state index in [2.05, 4.69) is 4.98 Å². The molecular weight excluding hydrogens is 263 g/mol. The fraction of sp³-hybridized carbons (Fsp3) is 0.286. The summed E-state index contributed by atoms with van der Waals surface area (Å²) in [5.74, 6) is -1.02. The SMILES string of the molecule is O=C(O)C1CN(Cc2coc(-c3cccc(F)c3)n2)C1. The van der Waals surface area contributed by atoms with Crippen molar-refractivity contribution in [2.75, 3.05) is 13.1 Å². The Morgan fingerprint density at radius 1 is 1.50 bits per heavy atom. The van der Waals surface area contributed by atoms with Gasteiger partial charge in [0.05, 0.1) is 11.6 Å². The molecule has 1 aromatic heterocycles. The average Bonchev–Trinajstić information content (AvgIpc) is 2.81. The number of carboxylic acids is 1. The molecule has 0 amide bonds. The zero-order chi connectivity index (χ0) is 14.1. The van der Waals surface area contributed by atoms with E-state index in [1.54, 1.807) is 12.1 Å². The molecule has 3 rings (SSSR count). The normalized spacial score (nSPS) is 16.1. The predicted molar refractivity (Wildman–Crippen MR) is 68.3 cm³/mol. The number of halogens is 1. The van der Waals surface area contributed by atoms with Gasteiger partial charge in [-0.25, -0.2) is 9.37 Å². The Labute approximate surface area is 114 Å². The highest BCUT2D eigenvalue weighted by Gasteiger charge is 2.32. The number of carboxylic acid groups (broad SMARTS) is 1. The van der Waals surface area contributed by atoms with Crippen LogP contribution in [-0.4, -0.2) is 34.0 Å². The van der Waals surface area contributed by atoms with E-state index in [0.29, 0.717) is 36.8 Å². The van der Waals surface area contributed by atoms with E-state index >= 15 is 0 Å². The number of oxazole rings is 1. The molecule has 0 aliphatic carbocycles. The van der Waals surface area contributed by atoms with Crippen LogP contribution in [0.15, 0.2) is 34.9 Å². The Balaban J connectivity index is 1.65. The average molecular weight is 276 g/mol. The number of hydrogen-bond acceptors (Lipinski definition) is 4. The Morgan fingerprint density at radius 2 is 2.30 bits per heavy atom. The highest BCUT2D eigenvalue weighted by atomic mass is 19.1. The first-order chi connectivity index (χ1) is 9.61. The van der Waals surface area contributed by atoms with Gasteiger partial charge in [-0.3, -0.25) is 9.69 Å². The first kappa shape index (κ1) is 12.8. The molecule has 0 unspecified atom stereocenters. The summed E-state index contributed by atoms with van der Waals surface area (Å²) in [5.41, 5.74) is 1.30. The fourth-order valence-electron chi connectivity index (χ4n) is 2.22. The van der Waals surface area contributed by atoms with Gasteiger partial charge < -0.3 is 9.52 Å². The summed E-state index contributed by atoms with van der Waals surface area (Å²) in [6.45, 7) is 1.59. The van der Waals surface area contributed by atoms with Crippen molar-refractivity contribution >= 4 is 5.97 Å². The number of nitrogens with zero attached hydrogens (tertiary/aromatic N) is 2. The smallest absolute Gasteiger partial charge is 0.309 e. The summed E-state index contributed by atoms with van der Waals surface area (Å²) in [6, 6.07) is 6.05. The van der Waals surface area contributed by atoms with E-state index < -0.39 is 5.97 Å². The quantitative estimate of drug-likeness (QED) is 0.925. The van der Waals surface area contributed by atoms with Crippen LogP contribution < -0.4 is 0 Å². The molecule has 2 heterocycles. The molecule has 1 aromatic carbocycles. The lowest BCUT2D eigenvalue weighted by Gasteiger charge is -2.35. The molecule has 1 saturated heterocycles. The first-order valence-corrected chi connectivity index (χ1v) is 6.27. The Morgan fingerprint density at radius 3 is 3.00 bits per heavy atom. The van der Waals surface area contributed by atoms with Gasteiger partial charge in [-0.2, -0.15) is 0 Å². The predicted octanol–water partition coefficient (Wildman–Crippen LogP) is 2.00. The summed E-state index contributed by atoms with van der Waals surface area (Å²) >= 11 is 0. The largest absolute Gasteiger partial charge is 0.481 e. The zero-order valence-corrected chi connectivity index (χ0v) is 10.6. The topological polar surface area (TPSA) is 66.6 Å². The first-order valence-electron chi connectivity index (χ1n) is 6.27. The minimum Gasteiger partial charge on any atom is -0.481 e. The van der Waals surface area contributed by atoms with Crippen molar-refractivity contribution in [3.63, 3.8) is 0 Å². The van der Waals surface area contributed by atoms with Gasteiger partial charge in [0.1, 0.15) is 12.1 Å². The van der Waals surface area contributed by atoms with Gasteiger partial charge in [-0.1, -0.05) is 6.07 Å². The molecule has 1 fully saturated rings. The summed E-state index contributed by atoms with van der Waals surface area (Å²) in [5, 5.41) is 8.80. The molecule has 0 bridgehead atoms. The third-order valence-corrected chi connectivity index (χ3v) is 3.32. The van der Waals surface area contributed by atoms with Gasteiger partial charge in [0.25, 0.3) is 0 Å². The number of likely N-dealkylation sites (tertiary alicyclic amines) is 1. The van der Waals surface area contributed by atoms with Gasteiger partial charge >= 0.3 is 5.97 Å². The maximum Gasteiger partial charge on any atom is 0.309 e. The van der Waals surface area contributed by atoms with Gasteiger partial charge in [0.15, 0.2) is 0 Å². The van der Waals surface area contributed by atoms with Crippen LogP contribution in [0.2, 0.25) is 0 Å².